The Labute approximate surface area is 299 Å². The van der Waals surface area contributed by atoms with E-state index in [2.05, 4.69) is 43.3 Å². The van der Waals surface area contributed by atoms with Crippen molar-refractivity contribution in [3.8, 4) is 0 Å². The van der Waals surface area contributed by atoms with E-state index in [1.54, 1.807) is 11.7 Å². The van der Waals surface area contributed by atoms with Crippen LogP contribution in [0.5, 0.6) is 0 Å². The second kappa shape index (κ2) is 20.6. The largest absolute Gasteiger partial charge is 0.444 e. The molecule has 11 nitrogen and oxygen atoms in total. The van der Waals surface area contributed by atoms with Crippen LogP contribution in [0.1, 0.15) is 67.4 Å². The first-order valence-electron chi connectivity index (χ1n) is 18.1. The van der Waals surface area contributed by atoms with Gasteiger partial charge in [0, 0.05) is 44.0 Å². The Bertz CT molecular complexity index is 1420. The Morgan fingerprint density at radius 3 is 2.10 bits per heavy atom. The lowest BCUT2D eigenvalue weighted by atomic mass is 9.95. The van der Waals surface area contributed by atoms with Gasteiger partial charge >= 0.3 is 12.1 Å². The van der Waals surface area contributed by atoms with E-state index in [1.807, 2.05) is 48.5 Å². The van der Waals surface area contributed by atoms with Crippen molar-refractivity contribution in [1.82, 2.24) is 31.2 Å². The van der Waals surface area contributed by atoms with Crippen LogP contribution in [-0.2, 0) is 33.7 Å². The zero-order valence-electron chi connectivity index (χ0n) is 28.9. The van der Waals surface area contributed by atoms with Gasteiger partial charge in [-0.25, -0.2) is 9.59 Å². The lowest BCUT2D eigenvalue weighted by Gasteiger charge is -2.30. The number of aromatic nitrogens is 1. The van der Waals surface area contributed by atoms with Crippen LogP contribution < -0.4 is 21.3 Å². The molecule has 1 aliphatic heterocycles. The molecule has 270 valence electrons. The van der Waals surface area contributed by atoms with Crippen LogP contribution in [0.4, 0.5) is 9.59 Å². The highest BCUT2D eigenvalue weighted by Gasteiger charge is 2.27. The second-order valence-corrected chi connectivity index (χ2v) is 14.3. The molecule has 1 saturated heterocycles. The van der Waals surface area contributed by atoms with Crippen LogP contribution >= 0.6 is 11.3 Å². The van der Waals surface area contributed by atoms with Crippen molar-refractivity contribution in [2.24, 2.45) is 0 Å². The number of alkyl carbamates (subject to hydrolysis) is 1. The summed E-state index contributed by atoms with van der Waals surface area (Å²) in [5, 5.41) is 12.5. The first kappa shape index (κ1) is 37.3. The Hall–Kier alpha value is -4.00. The molecule has 0 unspecified atom stereocenters. The summed E-state index contributed by atoms with van der Waals surface area (Å²) in [6.45, 7) is 3.80. The molecular weight excluding hydrogens is 653 g/mol. The number of urea groups is 1. The number of benzene rings is 2. The summed E-state index contributed by atoms with van der Waals surface area (Å²) in [5.41, 5.74) is 3.91. The summed E-state index contributed by atoms with van der Waals surface area (Å²) >= 11 is 1.44. The summed E-state index contributed by atoms with van der Waals surface area (Å²) in [4.78, 5) is 47.4. The summed E-state index contributed by atoms with van der Waals surface area (Å²) in [5.74, 6) is -0.200. The number of nitrogens with one attached hydrogen (secondary N) is 4. The minimum atomic E-state index is -0.695. The zero-order valence-corrected chi connectivity index (χ0v) is 29.7. The molecule has 1 aliphatic carbocycles. The highest BCUT2D eigenvalue weighted by Crippen LogP contribution is 2.18. The molecule has 0 bridgehead atoms. The minimum Gasteiger partial charge on any atom is -0.444 e. The fraction of sp³-hybridized carbons (Fsp3) is 0.526. The van der Waals surface area contributed by atoms with Gasteiger partial charge in [0.25, 0.3) is 0 Å². The van der Waals surface area contributed by atoms with Gasteiger partial charge in [0.15, 0.2) is 0 Å². The topological polar surface area (TPSA) is 134 Å². The molecule has 2 fully saturated rings. The maximum atomic E-state index is 14.1. The van der Waals surface area contributed by atoms with Gasteiger partial charge in [0.2, 0.25) is 5.91 Å². The molecule has 1 aromatic heterocycles. The van der Waals surface area contributed by atoms with Crippen molar-refractivity contribution in [1.29, 1.82) is 0 Å². The predicted octanol–water partition coefficient (Wildman–Crippen LogP) is 5.21. The number of carbonyl (C=O) groups excluding carboxylic acids is 3. The number of ether oxygens (including phenoxy) is 2. The van der Waals surface area contributed by atoms with Gasteiger partial charge in [-0.2, -0.15) is 0 Å². The van der Waals surface area contributed by atoms with Crippen molar-refractivity contribution in [3.63, 3.8) is 0 Å². The van der Waals surface area contributed by atoms with E-state index in [-0.39, 0.29) is 36.7 Å². The maximum Gasteiger partial charge on any atom is 0.407 e. The Kier molecular flexibility index (Phi) is 15.4. The third-order valence-electron chi connectivity index (χ3n) is 9.41. The number of hydrogen-bond donors (Lipinski definition) is 4. The number of rotatable bonds is 17. The number of nitrogens with zero attached hydrogens (tertiary/aromatic N) is 2. The average molecular weight is 705 g/mol. The SMILES string of the molecule is O=C(NC1CCCCC1)N[C@@H](CCN1CCOCC1)C(=O)N[C@H](CC[C@H](Cc1ccccc1)NC(=O)OCc1cncs1)Cc1ccccc1. The predicted molar refractivity (Wildman–Crippen MR) is 195 cm³/mol. The molecule has 3 aromatic rings. The maximum absolute atomic E-state index is 14.1. The Balaban J connectivity index is 1.26. The van der Waals surface area contributed by atoms with Crippen LogP contribution in [0.2, 0.25) is 0 Å². The molecule has 2 aliphatic rings. The third kappa shape index (κ3) is 13.4. The van der Waals surface area contributed by atoms with Gasteiger partial charge in [-0.3, -0.25) is 14.7 Å². The van der Waals surface area contributed by atoms with E-state index in [0.717, 1.165) is 54.8 Å². The molecule has 0 spiro atoms. The lowest BCUT2D eigenvalue weighted by Crippen LogP contribution is -2.55. The number of amides is 4. The smallest absolute Gasteiger partial charge is 0.407 e. The van der Waals surface area contributed by atoms with Crippen LogP contribution in [-0.4, -0.2) is 84.9 Å². The summed E-state index contributed by atoms with van der Waals surface area (Å²) in [6, 6.07) is 18.8. The quantitative estimate of drug-likeness (QED) is 0.152. The first-order chi connectivity index (χ1) is 24.5. The normalized spacial score (nSPS) is 17.2. The van der Waals surface area contributed by atoms with Crippen molar-refractivity contribution in [2.45, 2.75) is 95.0 Å². The molecular formula is C38H52N6O5S. The average Bonchev–Trinajstić information content (AvgIpc) is 3.67. The molecule has 50 heavy (non-hydrogen) atoms. The number of hydrogen-bond acceptors (Lipinski definition) is 8. The van der Waals surface area contributed by atoms with Gasteiger partial charge in [0.1, 0.15) is 12.6 Å². The summed E-state index contributed by atoms with van der Waals surface area (Å²) < 4.78 is 11.0. The Morgan fingerprint density at radius 1 is 0.840 bits per heavy atom. The van der Waals surface area contributed by atoms with Crippen molar-refractivity contribution < 1.29 is 23.9 Å². The van der Waals surface area contributed by atoms with Crippen LogP contribution in [0, 0.1) is 0 Å². The Morgan fingerprint density at radius 2 is 1.48 bits per heavy atom. The zero-order chi connectivity index (χ0) is 34.8. The van der Waals surface area contributed by atoms with Crippen LogP contribution in [0.3, 0.4) is 0 Å². The summed E-state index contributed by atoms with van der Waals surface area (Å²) in [7, 11) is 0. The van der Waals surface area contributed by atoms with Gasteiger partial charge < -0.3 is 30.7 Å². The summed E-state index contributed by atoms with van der Waals surface area (Å²) in [6.07, 6.45) is 9.50. The van der Waals surface area contributed by atoms with Crippen molar-refractivity contribution in [3.05, 3.63) is 88.4 Å². The molecule has 5 rings (SSSR count). The molecule has 4 N–H and O–H groups in total. The third-order valence-corrected chi connectivity index (χ3v) is 10.2. The lowest BCUT2D eigenvalue weighted by molar-refractivity contribution is -0.124. The molecule has 1 saturated carbocycles. The van der Waals surface area contributed by atoms with Gasteiger partial charge in [0.05, 0.1) is 23.6 Å². The second-order valence-electron chi connectivity index (χ2n) is 13.3. The van der Waals surface area contributed by atoms with Gasteiger partial charge in [-0.1, -0.05) is 79.9 Å². The van der Waals surface area contributed by atoms with E-state index in [1.165, 1.54) is 17.8 Å². The fourth-order valence-corrected chi connectivity index (χ4v) is 7.15. The van der Waals surface area contributed by atoms with E-state index >= 15 is 0 Å². The molecule has 0 radical (unpaired) electrons. The van der Waals surface area contributed by atoms with Crippen molar-refractivity contribution in [2.75, 3.05) is 32.8 Å². The van der Waals surface area contributed by atoms with Gasteiger partial charge in [-0.05, 0) is 56.1 Å². The molecule has 3 atom stereocenters. The molecule has 4 amide bonds. The molecule has 2 aromatic carbocycles. The van der Waals surface area contributed by atoms with Crippen LogP contribution in [0.25, 0.3) is 0 Å². The highest BCUT2D eigenvalue weighted by atomic mass is 32.1. The standard InChI is InChI=1S/C38H52N6O5S/c45-36(35(18-19-44-20-22-48-23-21-44)43-37(46)41-31-14-8-3-9-15-31)40-32(24-29-10-4-1-5-11-29)16-17-33(25-30-12-6-2-7-13-30)42-38(47)49-27-34-26-39-28-50-34/h1-2,4-7,10-13,26,28,31-33,35H,3,8-9,14-25,27H2,(H,40,45)(H,42,47)(H2,41,43,46)/t32-,33-,35+/m1/s1. The van der Waals surface area contributed by atoms with E-state index < -0.39 is 12.1 Å². The molecule has 12 heteroatoms. The minimum absolute atomic E-state index is 0.139. The monoisotopic (exact) mass is 704 g/mol. The first-order valence-corrected chi connectivity index (χ1v) is 18.9. The molecule has 2 heterocycles. The van der Waals surface area contributed by atoms with E-state index in [4.69, 9.17) is 9.47 Å². The fourth-order valence-electron chi connectivity index (χ4n) is 6.65. The number of thiazole rings is 1. The van der Waals surface area contributed by atoms with Gasteiger partial charge in [-0.15, -0.1) is 11.3 Å². The van der Waals surface area contributed by atoms with E-state index in [9.17, 15) is 14.4 Å². The highest BCUT2D eigenvalue weighted by molar-refractivity contribution is 7.09. The van der Waals surface area contributed by atoms with Crippen molar-refractivity contribution >= 4 is 29.4 Å². The number of morpholine rings is 1. The van der Waals surface area contributed by atoms with E-state index in [0.29, 0.717) is 51.9 Å². The van der Waals surface area contributed by atoms with Crippen LogP contribution in [0.15, 0.2) is 72.4 Å². The number of carbonyl (C=O) groups is 3.